The van der Waals surface area contributed by atoms with Crippen LogP contribution in [-0.2, 0) is 38.5 Å². The summed E-state index contributed by atoms with van der Waals surface area (Å²) in [6, 6.07) is 47.5. The molecule has 0 aliphatic heterocycles. The molecule has 6 aliphatic rings. The fourth-order valence-electron chi connectivity index (χ4n) is 12.5. The number of anilines is 2. The molecule has 274 valence electrons. The van der Waals surface area contributed by atoms with Gasteiger partial charge < -0.3 is 4.90 Å². The molecule has 0 atom stereocenters. The van der Waals surface area contributed by atoms with Crippen LogP contribution in [0.15, 0.2) is 121 Å². The highest BCUT2D eigenvalue weighted by Crippen LogP contribution is 2.54. The van der Waals surface area contributed by atoms with Crippen LogP contribution < -0.4 is 4.90 Å². The van der Waals surface area contributed by atoms with Gasteiger partial charge in [0.05, 0.1) is 0 Å². The van der Waals surface area contributed by atoms with E-state index in [0.717, 1.165) is 38.5 Å². The first-order chi connectivity index (χ1) is 28.4. The van der Waals surface area contributed by atoms with Crippen LogP contribution in [0.5, 0.6) is 0 Å². The number of fused-ring (bicyclic) bond motifs is 20. The Kier molecular flexibility index (Phi) is 5.96. The molecule has 58 heavy (non-hydrogen) atoms. The molecule has 8 aromatic carbocycles. The quantitative estimate of drug-likeness (QED) is 0.171. The first-order valence-electron chi connectivity index (χ1n) is 21.2. The molecule has 0 bridgehead atoms. The lowest BCUT2D eigenvalue weighted by Crippen LogP contribution is -2.10. The maximum atomic E-state index is 2.55. The monoisotopic (exact) mass is 739 g/mol. The predicted molar refractivity (Wildman–Crippen MR) is 240 cm³/mol. The zero-order valence-corrected chi connectivity index (χ0v) is 33.2. The molecule has 1 heteroatoms. The third-order valence-corrected chi connectivity index (χ3v) is 15.0. The fourth-order valence-corrected chi connectivity index (χ4v) is 12.5. The van der Waals surface area contributed by atoms with E-state index in [0.29, 0.717) is 0 Å². The second-order valence-electron chi connectivity index (χ2n) is 18.1. The molecule has 6 aliphatic carbocycles. The Bertz CT molecular complexity index is 3040. The molecule has 8 aromatic rings. The standard InChI is InChI=1S/C57H41N/c1-30-16-40-20-38-26-48-36(28-50(38)56(40)52-24-32-8-4-6-10-46(32)54(30)52)18-34-22-42(12-14-44(34)48)58(3)43-13-15-45-35(23-43)19-37-29-51-39(27-49(37)45)21-41-17-31(2)55-47-11-7-5-9-33(47)25-53(55)57(41)51/h4-17,22-23,26-29H,18-21,24-25H2,1-3H3. The Morgan fingerprint density at radius 3 is 1.19 bits per heavy atom. The van der Waals surface area contributed by atoms with Crippen molar-refractivity contribution in [3.8, 4) is 66.8 Å². The topological polar surface area (TPSA) is 3.24 Å². The van der Waals surface area contributed by atoms with Crippen LogP contribution in [0, 0.1) is 13.8 Å². The van der Waals surface area contributed by atoms with Crippen molar-refractivity contribution >= 4 is 11.4 Å². The molecule has 0 spiro atoms. The summed E-state index contributed by atoms with van der Waals surface area (Å²) in [7, 11) is 2.24. The first-order valence-corrected chi connectivity index (χ1v) is 21.2. The van der Waals surface area contributed by atoms with Crippen LogP contribution in [0.1, 0.15) is 77.9 Å². The molecule has 0 saturated carbocycles. The Morgan fingerprint density at radius 2 is 0.707 bits per heavy atom. The van der Waals surface area contributed by atoms with E-state index >= 15 is 0 Å². The van der Waals surface area contributed by atoms with Crippen LogP contribution >= 0.6 is 0 Å². The Labute approximate surface area is 340 Å². The van der Waals surface area contributed by atoms with Gasteiger partial charge in [0.2, 0.25) is 0 Å². The van der Waals surface area contributed by atoms with E-state index in [1.54, 1.807) is 11.1 Å². The van der Waals surface area contributed by atoms with Crippen LogP contribution in [0.25, 0.3) is 66.8 Å². The maximum absolute atomic E-state index is 2.55. The normalized spacial score (nSPS) is 14.4. The smallest absolute Gasteiger partial charge is 0.0411 e. The SMILES string of the molecule is Cc1cc2c(c3c1-c1ccccc1C3)-c1cc3c(cc1C2)-c1ccc(N(C)c2ccc4c(c2)Cc2cc5c(cc2-4)Cc2cc(C)c4c(c2-5)Cc2ccccc2-4)cc1C3. The van der Waals surface area contributed by atoms with E-state index in [1.807, 2.05) is 0 Å². The molecule has 1 nitrogen and oxygen atoms in total. The second-order valence-corrected chi connectivity index (χ2v) is 18.1. The summed E-state index contributed by atoms with van der Waals surface area (Å²) in [4.78, 5) is 2.39. The van der Waals surface area contributed by atoms with Crippen molar-refractivity contribution in [1.29, 1.82) is 0 Å². The summed E-state index contributed by atoms with van der Waals surface area (Å²) < 4.78 is 0. The third kappa shape index (κ3) is 4.06. The summed E-state index contributed by atoms with van der Waals surface area (Å²) in [6.45, 7) is 4.62. The average Bonchev–Trinajstić information content (AvgIpc) is 4.07. The van der Waals surface area contributed by atoms with Crippen LogP contribution in [-0.4, -0.2) is 7.05 Å². The highest BCUT2D eigenvalue weighted by molar-refractivity contribution is 5.96. The van der Waals surface area contributed by atoms with E-state index < -0.39 is 0 Å². The predicted octanol–water partition coefficient (Wildman–Crippen LogP) is 13.5. The molecule has 0 radical (unpaired) electrons. The molecule has 0 unspecified atom stereocenters. The van der Waals surface area contributed by atoms with E-state index in [1.165, 1.54) is 145 Å². The molecule has 0 fully saturated rings. The molecular formula is C57H41N. The lowest BCUT2D eigenvalue weighted by atomic mass is 9.91. The van der Waals surface area contributed by atoms with Crippen molar-refractivity contribution in [2.75, 3.05) is 11.9 Å². The van der Waals surface area contributed by atoms with Crippen LogP contribution in [0.4, 0.5) is 11.4 Å². The number of nitrogens with zero attached hydrogens (tertiary/aromatic N) is 1. The van der Waals surface area contributed by atoms with Crippen molar-refractivity contribution in [1.82, 2.24) is 0 Å². The molecular weight excluding hydrogens is 699 g/mol. The number of benzene rings is 8. The molecule has 0 saturated heterocycles. The maximum Gasteiger partial charge on any atom is 0.0411 e. The van der Waals surface area contributed by atoms with Gasteiger partial charge in [-0.2, -0.15) is 0 Å². The van der Waals surface area contributed by atoms with Gasteiger partial charge in [0.1, 0.15) is 0 Å². The van der Waals surface area contributed by atoms with E-state index in [2.05, 4.69) is 147 Å². The van der Waals surface area contributed by atoms with Crippen molar-refractivity contribution in [2.45, 2.75) is 52.4 Å². The minimum Gasteiger partial charge on any atom is -0.345 e. The molecule has 0 N–H and O–H groups in total. The van der Waals surface area contributed by atoms with E-state index in [9.17, 15) is 0 Å². The lowest BCUT2D eigenvalue weighted by Gasteiger charge is -2.21. The highest BCUT2D eigenvalue weighted by atomic mass is 15.1. The minimum absolute atomic E-state index is 0.991. The van der Waals surface area contributed by atoms with Crippen molar-refractivity contribution in [3.63, 3.8) is 0 Å². The van der Waals surface area contributed by atoms with Gasteiger partial charge in [-0.05, 0) is 246 Å². The summed E-state index contributed by atoms with van der Waals surface area (Å²) in [6.07, 6.45) is 6.14. The summed E-state index contributed by atoms with van der Waals surface area (Å²) >= 11 is 0. The van der Waals surface area contributed by atoms with Gasteiger partial charge in [0.15, 0.2) is 0 Å². The van der Waals surface area contributed by atoms with Gasteiger partial charge in [-0.1, -0.05) is 72.8 Å². The van der Waals surface area contributed by atoms with Gasteiger partial charge in [-0.15, -0.1) is 0 Å². The van der Waals surface area contributed by atoms with Gasteiger partial charge in [-0.3, -0.25) is 0 Å². The van der Waals surface area contributed by atoms with Crippen molar-refractivity contribution < 1.29 is 0 Å². The molecule has 0 amide bonds. The van der Waals surface area contributed by atoms with Crippen LogP contribution in [0.2, 0.25) is 0 Å². The number of hydrogen-bond donors (Lipinski definition) is 0. The van der Waals surface area contributed by atoms with Gasteiger partial charge >= 0.3 is 0 Å². The zero-order valence-electron chi connectivity index (χ0n) is 33.2. The van der Waals surface area contributed by atoms with E-state index in [4.69, 9.17) is 0 Å². The first kappa shape index (κ1) is 31.6. The van der Waals surface area contributed by atoms with Crippen molar-refractivity contribution in [3.05, 3.63) is 199 Å². The highest BCUT2D eigenvalue weighted by Gasteiger charge is 2.34. The lowest BCUT2D eigenvalue weighted by molar-refractivity contribution is 1.17. The molecule has 0 aromatic heterocycles. The van der Waals surface area contributed by atoms with Gasteiger partial charge in [0.25, 0.3) is 0 Å². The fraction of sp³-hybridized carbons (Fsp3) is 0.158. The Morgan fingerprint density at radius 1 is 0.310 bits per heavy atom. The van der Waals surface area contributed by atoms with Gasteiger partial charge in [-0.25, -0.2) is 0 Å². The molecule has 14 rings (SSSR count). The number of hydrogen-bond acceptors (Lipinski definition) is 1. The van der Waals surface area contributed by atoms with E-state index in [-0.39, 0.29) is 0 Å². The average molecular weight is 740 g/mol. The van der Waals surface area contributed by atoms with Gasteiger partial charge in [0, 0.05) is 18.4 Å². The summed E-state index contributed by atoms with van der Waals surface area (Å²) in [5, 5.41) is 0. The second kappa shape index (κ2) is 10.9. The summed E-state index contributed by atoms with van der Waals surface area (Å²) in [5.74, 6) is 0. The molecule has 0 heterocycles. The summed E-state index contributed by atoms with van der Waals surface area (Å²) in [5.41, 5.74) is 40.7. The third-order valence-electron chi connectivity index (χ3n) is 15.0. The minimum atomic E-state index is 0.991. The number of aryl methyl sites for hydroxylation is 2. The van der Waals surface area contributed by atoms with Crippen LogP contribution in [0.3, 0.4) is 0 Å². The largest absolute Gasteiger partial charge is 0.345 e. The zero-order chi connectivity index (χ0) is 38.1. The Balaban J connectivity index is 0.761. The number of rotatable bonds is 2. The van der Waals surface area contributed by atoms with Crippen molar-refractivity contribution in [2.24, 2.45) is 0 Å². The Hall–Kier alpha value is -6.44.